The molecule has 2 N–H and O–H groups in total. The van der Waals surface area contributed by atoms with Crippen LogP contribution in [0.2, 0.25) is 0 Å². The van der Waals surface area contributed by atoms with Crippen molar-refractivity contribution in [2.45, 2.75) is 39.3 Å². The Kier molecular flexibility index (Phi) is 6.87. The Morgan fingerprint density at radius 1 is 1.36 bits per heavy atom. The molecule has 0 radical (unpaired) electrons. The van der Waals surface area contributed by atoms with Gasteiger partial charge in [-0.3, -0.25) is 4.79 Å². The first-order chi connectivity index (χ1) is 10.7. The molecule has 1 fully saturated rings. The molecule has 2 atom stereocenters. The van der Waals surface area contributed by atoms with Crippen molar-refractivity contribution in [3.63, 3.8) is 0 Å². The zero-order chi connectivity index (χ0) is 15.8. The van der Waals surface area contributed by atoms with Crippen molar-refractivity contribution in [2.75, 3.05) is 20.2 Å². The molecule has 0 aliphatic carbocycles. The van der Waals surface area contributed by atoms with Gasteiger partial charge in [0.2, 0.25) is 5.91 Å². The van der Waals surface area contributed by atoms with E-state index in [1.165, 1.54) is 12.8 Å². The number of hydrogen-bond donors (Lipinski definition) is 2. The van der Waals surface area contributed by atoms with Gasteiger partial charge in [-0.05, 0) is 48.9 Å². The van der Waals surface area contributed by atoms with E-state index in [-0.39, 0.29) is 5.91 Å². The summed E-state index contributed by atoms with van der Waals surface area (Å²) in [5, 5.41) is 6.45. The highest BCUT2D eigenvalue weighted by molar-refractivity contribution is 5.76. The first-order valence-electron chi connectivity index (χ1n) is 8.23. The van der Waals surface area contributed by atoms with Crippen LogP contribution in [0.15, 0.2) is 24.3 Å². The van der Waals surface area contributed by atoms with E-state index in [0.717, 1.165) is 24.2 Å². The maximum atomic E-state index is 12.1. The van der Waals surface area contributed by atoms with E-state index in [2.05, 4.69) is 17.6 Å². The summed E-state index contributed by atoms with van der Waals surface area (Å²) in [7, 11) is 1.69. The van der Waals surface area contributed by atoms with E-state index in [1.54, 1.807) is 7.11 Å². The maximum absolute atomic E-state index is 12.1. The van der Waals surface area contributed by atoms with E-state index in [1.807, 2.05) is 24.3 Å². The molecule has 2 unspecified atom stereocenters. The van der Waals surface area contributed by atoms with Gasteiger partial charge in [0.1, 0.15) is 0 Å². The number of nitrogens with one attached hydrogen (secondary N) is 2. The van der Waals surface area contributed by atoms with Gasteiger partial charge in [0.05, 0.1) is 6.61 Å². The van der Waals surface area contributed by atoms with Crippen LogP contribution in [0.3, 0.4) is 0 Å². The maximum Gasteiger partial charge on any atom is 0.220 e. The SMILES string of the molecule is COCc1ccc(CNC(=O)CC(C)C2CCCNC2)cc1. The lowest BCUT2D eigenvalue weighted by molar-refractivity contribution is -0.122. The van der Waals surface area contributed by atoms with Crippen LogP contribution < -0.4 is 10.6 Å². The number of methoxy groups -OCH3 is 1. The fraction of sp³-hybridized carbons (Fsp3) is 0.611. The van der Waals surface area contributed by atoms with Gasteiger partial charge in [0.25, 0.3) is 0 Å². The minimum Gasteiger partial charge on any atom is -0.380 e. The summed E-state index contributed by atoms with van der Waals surface area (Å²) in [6.07, 6.45) is 3.08. The topological polar surface area (TPSA) is 50.4 Å². The molecule has 1 aromatic rings. The number of carbonyl (C=O) groups is 1. The van der Waals surface area contributed by atoms with Crippen LogP contribution in [0.5, 0.6) is 0 Å². The van der Waals surface area contributed by atoms with Crippen molar-refractivity contribution in [1.82, 2.24) is 10.6 Å². The number of benzene rings is 1. The van der Waals surface area contributed by atoms with Crippen molar-refractivity contribution in [3.05, 3.63) is 35.4 Å². The Balaban J connectivity index is 1.72. The van der Waals surface area contributed by atoms with Gasteiger partial charge in [-0.15, -0.1) is 0 Å². The van der Waals surface area contributed by atoms with E-state index >= 15 is 0 Å². The van der Waals surface area contributed by atoms with Gasteiger partial charge in [-0.1, -0.05) is 31.2 Å². The van der Waals surface area contributed by atoms with Gasteiger partial charge in [-0.2, -0.15) is 0 Å². The smallest absolute Gasteiger partial charge is 0.220 e. The predicted octanol–water partition coefficient (Wildman–Crippen LogP) is 2.48. The van der Waals surface area contributed by atoms with Crippen LogP contribution >= 0.6 is 0 Å². The summed E-state index contributed by atoms with van der Waals surface area (Å²) in [6.45, 7) is 5.59. The Bertz CT molecular complexity index is 453. The van der Waals surface area contributed by atoms with Gasteiger partial charge < -0.3 is 15.4 Å². The highest BCUT2D eigenvalue weighted by Gasteiger charge is 2.21. The molecule has 0 aromatic heterocycles. The lowest BCUT2D eigenvalue weighted by atomic mass is 9.85. The largest absolute Gasteiger partial charge is 0.380 e. The highest BCUT2D eigenvalue weighted by atomic mass is 16.5. The third kappa shape index (κ3) is 5.43. The van der Waals surface area contributed by atoms with E-state index in [4.69, 9.17) is 4.74 Å². The molecule has 4 nitrogen and oxygen atoms in total. The van der Waals surface area contributed by atoms with E-state index < -0.39 is 0 Å². The van der Waals surface area contributed by atoms with Crippen molar-refractivity contribution >= 4 is 5.91 Å². The molecule has 2 rings (SSSR count). The molecule has 1 heterocycles. The molecule has 1 aliphatic rings. The number of amides is 1. The summed E-state index contributed by atoms with van der Waals surface area (Å²) >= 11 is 0. The summed E-state index contributed by atoms with van der Waals surface area (Å²) < 4.78 is 5.09. The predicted molar refractivity (Wildman–Crippen MR) is 88.4 cm³/mol. The summed E-state index contributed by atoms with van der Waals surface area (Å²) in [5.41, 5.74) is 2.27. The lowest BCUT2D eigenvalue weighted by Crippen LogP contribution is -2.35. The van der Waals surface area contributed by atoms with Crippen LogP contribution in [0, 0.1) is 11.8 Å². The number of ether oxygens (including phenoxy) is 1. The Morgan fingerprint density at radius 3 is 2.73 bits per heavy atom. The minimum absolute atomic E-state index is 0.152. The van der Waals surface area contributed by atoms with E-state index in [0.29, 0.717) is 31.4 Å². The average Bonchev–Trinajstić information content (AvgIpc) is 2.55. The van der Waals surface area contributed by atoms with Crippen molar-refractivity contribution in [3.8, 4) is 0 Å². The number of carbonyl (C=O) groups excluding carboxylic acids is 1. The molecule has 122 valence electrons. The summed E-state index contributed by atoms with van der Waals surface area (Å²) in [4.78, 5) is 12.1. The Morgan fingerprint density at radius 2 is 2.09 bits per heavy atom. The molecule has 1 aliphatic heterocycles. The quantitative estimate of drug-likeness (QED) is 0.813. The first-order valence-corrected chi connectivity index (χ1v) is 8.23. The summed E-state index contributed by atoms with van der Waals surface area (Å²) in [6, 6.07) is 8.18. The molecular weight excluding hydrogens is 276 g/mol. The third-order valence-corrected chi connectivity index (χ3v) is 4.47. The van der Waals surface area contributed by atoms with Crippen LogP contribution in [0.25, 0.3) is 0 Å². The molecule has 22 heavy (non-hydrogen) atoms. The fourth-order valence-electron chi connectivity index (χ4n) is 3.02. The Labute approximate surface area is 133 Å². The van der Waals surface area contributed by atoms with Crippen molar-refractivity contribution < 1.29 is 9.53 Å². The minimum atomic E-state index is 0.152. The monoisotopic (exact) mass is 304 g/mol. The molecule has 4 heteroatoms. The number of rotatable bonds is 7. The fourth-order valence-corrected chi connectivity index (χ4v) is 3.02. The zero-order valence-electron chi connectivity index (χ0n) is 13.7. The molecule has 0 spiro atoms. The van der Waals surface area contributed by atoms with Gasteiger partial charge in [-0.25, -0.2) is 0 Å². The summed E-state index contributed by atoms with van der Waals surface area (Å²) in [5.74, 6) is 1.23. The Hall–Kier alpha value is -1.39. The molecule has 1 amide bonds. The molecule has 0 bridgehead atoms. The van der Waals surface area contributed by atoms with Crippen molar-refractivity contribution in [2.24, 2.45) is 11.8 Å². The van der Waals surface area contributed by atoms with Gasteiger partial charge in [0, 0.05) is 20.1 Å². The zero-order valence-corrected chi connectivity index (χ0v) is 13.7. The van der Waals surface area contributed by atoms with Crippen LogP contribution in [0.1, 0.15) is 37.3 Å². The number of hydrogen-bond acceptors (Lipinski definition) is 3. The second-order valence-electron chi connectivity index (χ2n) is 6.31. The first kappa shape index (κ1) is 17.0. The van der Waals surface area contributed by atoms with Gasteiger partial charge >= 0.3 is 0 Å². The van der Waals surface area contributed by atoms with E-state index in [9.17, 15) is 4.79 Å². The van der Waals surface area contributed by atoms with Gasteiger partial charge in [0.15, 0.2) is 0 Å². The normalized spacial score (nSPS) is 19.6. The van der Waals surface area contributed by atoms with Crippen LogP contribution in [0.4, 0.5) is 0 Å². The molecule has 1 saturated heterocycles. The molecular formula is C18H28N2O2. The molecule has 0 saturated carbocycles. The van der Waals surface area contributed by atoms with Crippen LogP contribution in [-0.2, 0) is 22.7 Å². The van der Waals surface area contributed by atoms with Crippen LogP contribution in [-0.4, -0.2) is 26.1 Å². The molecule has 1 aromatic carbocycles. The average molecular weight is 304 g/mol. The number of piperidine rings is 1. The van der Waals surface area contributed by atoms with Crippen molar-refractivity contribution in [1.29, 1.82) is 0 Å². The second kappa shape index (κ2) is 8.91. The third-order valence-electron chi connectivity index (χ3n) is 4.47. The second-order valence-corrected chi connectivity index (χ2v) is 6.31. The standard InChI is InChI=1S/C18H28N2O2/c1-14(17-4-3-9-19-12-17)10-18(21)20-11-15-5-7-16(8-6-15)13-22-2/h5-8,14,17,19H,3-4,9-13H2,1-2H3,(H,20,21). The lowest BCUT2D eigenvalue weighted by Gasteiger charge is -2.28. The highest BCUT2D eigenvalue weighted by Crippen LogP contribution is 2.22.